The number of carboxylic acids is 1. The lowest BCUT2D eigenvalue weighted by atomic mass is 10.1. The van der Waals surface area contributed by atoms with E-state index in [4.69, 9.17) is 11.6 Å². The molecule has 0 unspecified atom stereocenters. The highest BCUT2D eigenvalue weighted by Crippen LogP contribution is 2.25. The quantitative estimate of drug-likeness (QED) is 0.450. The van der Waals surface area contributed by atoms with Crippen LogP contribution in [-0.4, -0.2) is 31.0 Å². The number of carboxylic acid groups (broad SMARTS) is 1. The van der Waals surface area contributed by atoms with Crippen LogP contribution in [-0.2, 0) is 22.9 Å². The molecule has 30 heavy (non-hydrogen) atoms. The summed E-state index contributed by atoms with van der Waals surface area (Å²) in [5.41, 5.74) is 2.49. The van der Waals surface area contributed by atoms with Crippen molar-refractivity contribution < 1.29 is 18.3 Å². The fourth-order valence-electron chi connectivity index (χ4n) is 2.94. The summed E-state index contributed by atoms with van der Waals surface area (Å²) in [4.78, 5) is 15.9. The van der Waals surface area contributed by atoms with Gasteiger partial charge < -0.3 is 5.11 Å². The van der Waals surface area contributed by atoms with Crippen LogP contribution in [0.1, 0.15) is 35.0 Å². The first-order chi connectivity index (χ1) is 14.3. The van der Waals surface area contributed by atoms with Crippen molar-refractivity contribution in [2.75, 3.05) is 6.54 Å². The van der Waals surface area contributed by atoms with Crippen molar-refractivity contribution in [1.29, 1.82) is 0 Å². The van der Waals surface area contributed by atoms with E-state index >= 15 is 0 Å². The topological polar surface area (TPSA) is 96.4 Å². The first-order valence-electron chi connectivity index (χ1n) is 9.36. The van der Waals surface area contributed by atoms with Gasteiger partial charge in [0.15, 0.2) is 0 Å². The number of carbonyl (C=O) groups is 1. The Morgan fingerprint density at radius 1 is 1.20 bits per heavy atom. The number of nitrogens with one attached hydrogen (secondary N) is 1. The molecule has 0 aliphatic rings. The molecule has 3 rings (SSSR count). The summed E-state index contributed by atoms with van der Waals surface area (Å²) in [6.45, 7) is 2.05. The third-order valence-corrected chi connectivity index (χ3v) is 7.20. The molecule has 6 nitrogen and oxygen atoms in total. The molecule has 3 aromatic rings. The van der Waals surface area contributed by atoms with E-state index in [2.05, 4.69) is 9.71 Å². The van der Waals surface area contributed by atoms with Crippen LogP contribution in [0.25, 0.3) is 10.6 Å². The maximum atomic E-state index is 12.5. The number of benzene rings is 2. The highest BCUT2D eigenvalue weighted by Gasteiger charge is 2.18. The van der Waals surface area contributed by atoms with E-state index < -0.39 is 16.0 Å². The molecule has 1 heterocycles. The summed E-state index contributed by atoms with van der Waals surface area (Å²) in [6.07, 6.45) is 1.71. The Kier molecular flexibility index (Phi) is 7.25. The predicted molar refractivity (Wildman–Crippen MR) is 119 cm³/mol. The maximum absolute atomic E-state index is 12.5. The van der Waals surface area contributed by atoms with Gasteiger partial charge in [0.2, 0.25) is 10.0 Å². The Labute approximate surface area is 184 Å². The molecule has 1 aromatic heterocycles. The third-order valence-electron chi connectivity index (χ3n) is 4.55. The van der Waals surface area contributed by atoms with Gasteiger partial charge in [-0.25, -0.2) is 22.9 Å². The van der Waals surface area contributed by atoms with Crippen molar-refractivity contribution >= 4 is 38.9 Å². The molecule has 0 saturated heterocycles. The lowest BCUT2D eigenvalue weighted by molar-refractivity contribution is 0.0695. The summed E-state index contributed by atoms with van der Waals surface area (Å²) in [5, 5.41) is 12.8. The third kappa shape index (κ3) is 5.46. The fourth-order valence-corrected chi connectivity index (χ4v) is 5.02. The van der Waals surface area contributed by atoms with E-state index in [9.17, 15) is 18.3 Å². The van der Waals surface area contributed by atoms with Crippen LogP contribution in [0.3, 0.4) is 0 Å². The zero-order valence-electron chi connectivity index (χ0n) is 16.3. The molecule has 2 N–H and O–H groups in total. The van der Waals surface area contributed by atoms with Crippen LogP contribution >= 0.6 is 22.9 Å². The largest absolute Gasteiger partial charge is 0.478 e. The van der Waals surface area contributed by atoms with E-state index in [1.807, 2.05) is 36.6 Å². The number of hydrogen-bond donors (Lipinski definition) is 2. The summed E-state index contributed by atoms with van der Waals surface area (Å²) in [6, 6.07) is 11.6. The number of aromatic nitrogens is 1. The van der Waals surface area contributed by atoms with Crippen LogP contribution in [0.4, 0.5) is 0 Å². The molecule has 0 fully saturated rings. The van der Waals surface area contributed by atoms with E-state index in [1.54, 1.807) is 6.07 Å². The van der Waals surface area contributed by atoms with Crippen LogP contribution in [0.15, 0.2) is 52.7 Å². The second-order valence-electron chi connectivity index (χ2n) is 6.63. The molecule has 0 aliphatic carbocycles. The molecule has 0 atom stereocenters. The maximum Gasteiger partial charge on any atom is 0.336 e. The number of aromatic carboxylic acids is 1. The molecule has 0 aliphatic heterocycles. The summed E-state index contributed by atoms with van der Waals surface area (Å²) in [7, 11) is -3.78. The van der Waals surface area contributed by atoms with Gasteiger partial charge in [-0.3, -0.25) is 0 Å². The lowest BCUT2D eigenvalue weighted by Crippen LogP contribution is -2.25. The van der Waals surface area contributed by atoms with E-state index in [0.29, 0.717) is 29.8 Å². The monoisotopic (exact) mass is 464 g/mol. The van der Waals surface area contributed by atoms with Gasteiger partial charge >= 0.3 is 5.97 Å². The minimum atomic E-state index is -3.78. The Morgan fingerprint density at radius 3 is 2.60 bits per heavy atom. The van der Waals surface area contributed by atoms with Crippen molar-refractivity contribution in [3.8, 4) is 10.6 Å². The lowest BCUT2D eigenvalue weighted by Gasteiger charge is -2.09. The molecule has 0 bridgehead atoms. The van der Waals surface area contributed by atoms with Gasteiger partial charge in [0, 0.05) is 22.5 Å². The van der Waals surface area contributed by atoms with E-state index in [1.165, 1.54) is 23.5 Å². The molecule has 0 amide bonds. The van der Waals surface area contributed by atoms with Gasteiger partial charge in [-0.15, -0.1) is 11.3 Å². The normalized spacial score (nSPS) is 11.5. The number of sulfonamides is 1. The first-order valence-corrected chi connectivity index (χ1v) is 12.1. The summed E-state index contributed by atoms with van der Waals surface area (Å²) in [5.74, 6) is -1.14. The number of rotatable bonds is 9. The molecule has 0 saturated carbocycles. The number of aryl methyl sites for hydroxylation is 2. The molecular weight excluding hydrogens is 444 g/mol. The average Bonchev–Trinajstić information content (AvgIpc) is 3.20. The molecule has 158 valence electrons. The Hall–Kier alpha value is -2.26. The predicted octanol–water partition coefficient (Wildman–Crippen LogP) is 4.64. The second-order valence-corrected chi connectivity index (χ2v) is 9.69. The van der Waals surface area contributed by atoms with Gasteiger partial charge in [-0.1, -0.05) is 36.7 Å². The number of thiazole rings is 1. The molecule has 2 aromatic carbocycles. The van der Waals surface area contributed by atoms with Crippen LogP contribution in [0, 0.1) is 0 Å². The van der Waals surface area contributed by atoms with Gasteiger partial charge in [0.05, 0.1) is 16.2 Å². The van der Waals surface area contributed by atoms with Crippen LogP contribution in [0.2, 0.25) is 5.02 Å². The average molecular weight is 465 g/mol. The highest BCUT2D eigenvalue weighted by molar-refractivity contribution is 7.89. The number of nitrogens with zero attached hydrogens (tertiary/aromatic N) is 1. The van der Waals surface area contributed by atoms with Crippen molar-refractivity contribution in [3.05, 3.63) is 69.7 Å². The Bertz CT molecular complexity index is 1140. The zero-order valence-corrected chi connectivity index (χ0v) is 18.6. The number of hydrogen-bond acceptors (Lipinski definition) is 5. The van der Waals surface area contributed by atoms with Gasteiger partial charge in [-0.2, -0.15) is 0 Å². The minimum Gasteiger partial charge on any atom is -0.478 e. The zero-order chi connectivity index (χ0) is 21.7. The second kappa shape index (κ2) is 9.70. The van der Waals surface area contributed by atoms with Crippen molar-refractivity contribution in [2.45, 2.75) is 31.1 Å². The minimum absolute atomic E-state index is 0.0116. The molecule has 0 spiro atoms. The first kappa shape index (κ1) is 22.4. The standard InChI is InChI=1S/C21H21ClN2O4S2/c1-2-14-7-10-18(12-19(14)21(25)26)30(27,28)23-11-3-4-17-13-29-20(24-17)15-5-8-16(22)9-6-15/h5-10,12-13,23H,2-4,11H2,1H3,(H,25,26). The SMILES string of the molecule is CCc1ccc(S(=O)(=O)NCCCc2csc(-c3ccc(Cl)cc3)n2)cc1C(=O)O. The summed E-state index contributed by atoms with van der Waals surface area (Å²) >= 11 is 7.44. The van der Waals surface area contributed by atoms with Gasteiger partial charge in [0.25, 0.3) is 0 Å². The van der Waals surface area contributed by atoms with Crippen LogP contribution < -0.4 is 4.72 Å². The molecule has 0 radical (unpaired) electrons. The van der Waals surface area contributed by atoms with Crippen molar-refractivity contribution in [1.82, 2.24) is 9.71 Å². The summed E-state index contributed by atoms with van der Waals surface area (Å²) < 4.78 is 27.5. The van der Waals surface area contributed by atoms with Crippen molar-refractivity contribution in [2.24, 2.45) is 0 Å². The highest BCUT2D eigenvalue weighted by atomic mass is 35.5. The van der Waals surface area contributed by atoms with Crippen molar-refractivity contribution in [3.63, 3.8) is 0 Å². The van der Waals surface area contributed by atoms with Crippen LogP contribution in [0.5, 0.6) is 0 Å². The van der Waals surface area contributed by atoms with E-state index in [-0.39, 0.29) is 17.0 Å². The molecular formula is C21H21ClN2O4S2. The van der Waals surface area contributed by atoms with Gasteiger partial charge in [-0.05, 0) is 49.1 Å². The smallest absolute Gasteiger partial charge is 0.336 e. The van der Waals surface area contributed by atoms with E-state index in [0.717, 1.165) is 16.3 Å². The number of halogens is 1. The fraction of sp³-hybridized carbons (Fsp3) is 0.238. The van der Waals surface area contributed by atoms with Gasteiger partial charge in [0.1, 0.15) is 5.01 Å². The molecule has 9 heteroatoms. The Balaban J connectivity index is 1.58. The Morgan fingerprint density at radius 2 is 1.93 bits per heavy atom.